The summed E-state index contributed by atoms with van der Waals surface area (Å²) in [5.41, 5.74) is -4.91. The van der Waals surface area contributed by atoms with E-state index in [0.717, 1.165) is 19.2 Å². The molecule has 0 spiro atoms. The summed E-state index contributed by atoms with van der Waals surface area (Å²) in [6.07, 6.45) is -4.98. The molecule has 0 fully saturated rings. The first-order chi connectivity index (χ1) is 16.9. The third-order valence-corrected chi connectivity index (χ3v) is 5.28. The van der Waals surface area contributed by atoms with Crippen LogP contribution in [0.25, 0.3) is 5.69 Å². The largest absolute Gasteiger partial charge is 0.487 e. The van der Waals surface area contributed by atoms with E-state index in [4.69, 9.17) is 16.3 Å². The second-order valence-corrected chi connectivity index (χ2v) is 7.63. The third-order valence-electron chi connectivity index (χ3n) is 4.99. The van der Waals surface area contributed by atoms with Crippen molar-refractivity contribution in [2.75, 3.05) is 11.7 Å². The molecule has 0 aliphatic carbocycles. The molecule has 36 heavy (non-hydrogen) atoms. The number of amides is 1. The van der Waals surface area contributed by atoms with Gasteiger partial charge < -0.3 is 4.74 Å². The molecule has 10 nitrogen and oxygen atoms in total. The predicted octanol–water partition coefficient (Wildman–Crippen LogP) is 3.59. The standard InChI is InChI=1S/C21H15ClF4N4O6/c1-27-18(21(24,25)26)8-19(32)29(20(27)33)16-7-17(14(22)6-15(16)28(10-23)11-31)36-9-12-2-4-13(5-3-12)30(34)35/h2-8,11H,9-10H2,1H3. The van der Waals surface area contributed by atoms with Gasteiger partial charge in [-0.2, -0.15) is 13.2 Å². The van der Waals surface area contributed by atoms with E-state index >= 15 is 0 Å². The van der Waals surface area contributed by atoms with Gasteiger partial charge in [0, 0.05) is 31.3 Å². The number of carbonyl (C=O) groups is 1. The molecule has 0 atom stereocenters. The maximum absolute atomic E-state index is 13.5. The van der Waals surface area contributed by atoms with Crippen LogP contribution in [0.1, 0.15) is 11.3 Å². The van der Waals surface area contributed by atoms with Crippen LogP contribution in [0.4, 0.5) is 28.9 Å². The molecule has 0 bridgehead atoms. The number of non-ortho nitro benzene ring substituents is 1. The number of hydrogen-bond acceptors (Lipinski definition) is 6. The normalized spacial score (nSPS) is 11.3. The van der Waals surface area contributed by atoms with Crippen LogP contribution in [0.3, 0.4) is 0 Å². The van der Waals surface area contributed by atoms with Gasteiger partial charge in [-0.3, -0.25) is 29.2 Å². The smallest absolute Gasteiger partial charge is 0.431 e. The lowest BCUT2D eigenvalue weighted by atomic mass is 10.2. The minimum atomic E-state index is -5.01. The highest BCUT2D eigenvalue weighted by molar-refractivity contribution is 6.32. The van der Waals surface area contributed by atoms with Gasteiger partial charge in [-0.05, 0) is 23.8 Å². The Hall–Kier alpha value is -4.20. The Morgan fingerprint density at radius 1 is 1.17 bits per heavy atom. The topological polar surface area (TPSA) is 117 Å². The maximum Gasteiger partial charge on any atom is 0.431 e. The van der Waals surface area contributed by atoms with Crippen molar-refractivity contribution in [3.63, 3.8) is 0 Å². The molecule has 0 saturated carbocycles. The second kappa shape index (κ2) is 10.2. The Morgan fingerprint density at radius 2 is 1.81 bits per heavy atom. The number of alkyl halides is 4. The van der Waals surface area contributed by atoms with Crippen molar-refractivity contribution in [2.45, 2.75) is 12.8 Å². The molecular weight excluding hydrogens is 516 g/mol. The van der Waals surface area contributed by atoms with Crippen LogP contribution in [0.15, 0.2) is 52.1 Å². The van der Waals surface area contributed by atoms with Crippen LogP contribution in [0.2, 0.25) is 5.02 Å². The number of nitrogens with zero attached hydrogens (tertiary/aromatic N) is 4. The number of anilines is 1. The number of rotatable bonds is 8. The van der Waals surface area contributed by atoms with Gasteiger partial charge in [0.25, 0.3) is 11.2 Å². The Kier molecular flexibility index (Phi) is 7.48. The molecule has 1 amide bonds. The van der Waals surface area contributed by atoms with Crippen molar-refractivity contribution in [3.05, 3.63) is 89.7 Å². The first-order valence-corrected chi connectivity index (χ1v) is 10.1. The molecule has 3 rings (SSSR count). The van der Waals surface area contributed by atoms with Crippen LogP contribution in [0, 0.1) is 10.1 Å². The summed E-state index contributed by atoms with van der Waals surface area (Å²) >= 11 is 6.18. The zero-order valence-corrected chi connectivity index (χ0v) is 18.9. The van der Waals surface area contributed by atoms with Crippen LogP contribution >= 0.6 is 11.6 Å². The van der Waals surface area contributed by atoms with E-state index in [1.807, 2.05) is 0 Å². The fourth-order valence-corrected chi connectivity index (χ4v) is 3.41. The van der Waals surface area contributed by atoms with Crippen LogP contribution in [0.5, 0.6) is 5.75 Å². The van der Waals surface area contributed by atoms with Gasteiger partial charge in [-0.1, -0.05) is 11.6 Å². The highest BCUT2D eigenvalue weighted by Crippen LogP contribution is 2.35. The first kappa shape index (κ1) is 26.4. The Balaban J connectivity index is 2.15. The van der Waals surface area contributed by atoms with E-state index in [1.54, 1.807) is 0 Å². The van der Waals surface area contributed by atoms with Crippen LogP contribution in [-0.2, 0) is 24.6 Å². The number of aromatic nitrogens is 2. The molecule has 3 aromatic rings. The Morgan fingerprint density at radius 3 is 2.33 bits per heavy atom. The van der Waals surface area contributed by atoms with E-state index in [9.17, 15) is 42.1 Å². The number of hydrogen-bond donors (Lipinski definition) is 0. The number of ether oxygens (including phenoxy) is 1. The lowest BCUT2D eigenvalue weighted by Crippen LogP contribution is -2.41. The van der Waals surface area contributed by atoms with Crippen LogP contribution < -0.4 is 20.9 Å². The minimum absolute atomic E-state index is 0.0339. The first-order valence-electron chi connectivity index (χ1n) is 9.77. The second-order valence-electron chi connectivity index (χ2n) is 7.22. The van der Waals surface area contributed by atoms with Crippen molar-refractivity contribution in [1.82, 2.24) is 9.13 Å². The molecule has 1 heterocycles. The van der Waals surface area contributed by atoms with Gasteiger partial charge in [0.2, 0.25) is 6.41 Å². The van der Waals surface area contributed by atoms with E-state index < -0.39 is 40.5 Å². The van der Waals surface area contributed by atoms with Gasteiger partial charge in [-0.25, -0.2) is 13.8 Å². The quantitative estimate of drug-likeness (QED) is 0.144. The van der Waals surface area contributed by atoms with Gasteiger partial charge >= 0.3 is 11.9 Å². The Labute approximate surface area is 203 Å². The number of halogens is 5. The summed E-state index contributed by atoms with van der Waals surface area (Å²) in [7, 11) is 0.787. The van der Waals surface area contributed by atoms with E-state index in [-0.39, 0.29) is 45.8 Å². The van der Waals surface area contributed by atoms with Crippen molar-refractivity contribution in [1.29, 1.82) is 0 Å². The predicted molar refractivity (Wildman–Crippen MR) is 119 cm³/mol. The summed E-state index contributed by atoms with van der Waals surface area (Å²) in [6, 6.07) is 7.42. The molecule has 2 aromatic carbocycles. The van der Waals surface area contributed by atoms with Crippen molar-refractivity contribution in [3.8, 4) is 11.4 Å². The lowest BCUT2D eigenvalue weighted by Gasteiger charge is -2.21. The fourth-order valence-electron chi connectivity index (χ4n) is 3.20. The van der Waals surface area contributed by atoms with E-state index in [1.165, 1.54) is 24.3 Å². The van der Waals surface area contributed by atoms with Gasteiger partial charge in [-0.15, -0.1) is 0 Å². The lowest BCUT2D eigenvalue weighted by molar-refractivity contribution is -0.384. The highest BCUT2D eigenvalue weighted by Gasteiger charge is 2.35. The third kappa shape index (κ3) is 5.22. The zero-order chi connectivity index (χ0) is 26.8. The number of benzene rings is 2. The fraction of sp³-hybridized carbons (Fsp3) is 0.190. The average Bonchev–Trinajstić information content (AvgIpc) is 2.82. The summed E-state index contributed by atoms with van der Waals surface area (Å²) in [5.74, 6) is -0.174. The van der Waals surface area contributed by atoms with Crippen molar-refractivity contribution < 1.29 is 32.0 Å². The SMILES string of the molecule is Cn1c(C(F)(F)F)cc(=O)n(-c2cc(OCc3ccc([N+](=O)[O-])cc3)c(Cl)cc2N(C=O)CF)c1=O. The average molecular weight is 531 g/mol. The summed E-state index contributed by atoms with van der Waals surface area (Å²) in [5, 5.41) is 10.6. The molecular formula is C21H15ClF4N4O6. The molecule has 0 saturated heterocycles. The summed E-state index contributed by atoms with van der Waals surface area (Å²) in [4.78, 5) is 47.4. The summed E-state index contributed by atoms with van der Waals surface area (Å²) in [6.45, 7) is -1.61. The molecule has 0 radical (unpaired) electrons. The molecule has 0 aliphatic heterocycles. The van der Waals surface area contributed by atoms with E-state index in [0.29, 0.717) is 15.0 Å². The molecule has 0 aliphatic rings. The van der Waals surface area contributed by atoms with Gasteiger partial charge in [0.15, 0.2) is 6.80 Å². The van der Waals surface area contributed by atoms with Gasteiger partial charge in [0.1, 0.15) is 18.1 Å². The summed E-state index contributed by atoms with van der Waals surface area (Å²) < 4.78 is 59.2. The van der Waals surface area contributed by atoms with E-state index in [2.05, 4.69) is 0 Å². The number of carbonyl (C=O) groups excluding carboxylic acids is 1. The molecule has 190 valence electrons. The van der Waals surface area contributed by atoms with Crippen LogP contribution in [-0.4, -0.2) is 27.3 Å². The zero-order valence-electron chi connectivity index (χ0n) is 18.2. The minimum Gasteiger partial charge on any atom is -0.487 e. The molecule has 1 aromatic heterocycles. The molecule has 0 unspecified atom stereocenters. The van der Waals surface area contributed by atoms with Crippen molar-refractivity contribution in [2.24, 2.45) is 7.05 Å². The Bertz CT molecular complexity index is 1440. The number of nitro benzene ring substituents is 1. The molecule has 15 heteroatoms. The molecule has 0 N–H and O–H groups in total. The monoisotopic (exact) mass is 530 g/mol. The van der Waals surface area contributed by atoms with Crippen molar-refractivity contribution >= 4 is 29.4 Å². The highest BCUT2D eigenvalue weighted by atomic mass is 35.5. The maximum atomic E-state index is 13.5. The number of nitro groups is 1. The van der Waals surface area contributed by atoms with Gasteiger partial charge in [0.05, 0.1) is 21.3 Å².